The standard InChI is InChI=1S/C29H33BrN2O3/c1-2-25(29(34)31-23-13-7-8-14-23)32(19-18-21-10-4-3-5-11-21)27(33)20-35-26-17-16-22-12-6-9-15-24(22)28(26)30/h3-6,9-12,15-17,23,25H,2,7-8,13-14,18-20H2,1H3,(H,31,34). The van der Waals surface area contributed by atoms with E-state index in [0.29, 0.717) is 25.1 Å². The molecule has 1 atom stereocenters. The maximum Gasteiger partial charge on any atom is 0.261 e. The summed E-state index contributed by atoms with van der Waals surface area (Å²) < 4.78 is 6.80. The second-order valence-electron chi connectivity index (χ2n) is 9.12. The highest BCUT2D eigenvalue weighted by atomic mass is 79.9. The molecule has 1 aliphatic carbocycles. The van der Waals surface area contributed by atoms with Crippen LogP contribution in [0.3, 0.4) is 0 Å². The summed E-state index contributed by atoms with van der Waals surface area (Å²) in [7, 11) is 0. The van der Waals surface area contributed by atoms with Gasteiger partial charge in [-0.3, -0.25) is 9.59 Å². The number of ether oxygens (including phenoxy) is 1. The van der Waals surface area contributed by atoms with Crippen molar-refractivity contribution in [2.24, 2.45) is 0 Å². The van der Waals surface area contributed by atoms with Gasteiger partial charge in [-0.15, -0.1) is 0 Å². The van der Waals surface area contributed by atoms with E-state index in [-0.39, 0.29) is 24.5 Å². The van der Waals surface area contributed by atoms with Crippen LogP contribution in [0.1, 0.15) is 44.6 Å². The Morgan fingerprint density at radius 3 is 2.49 bits per heavy atom. The monoisotopic (exact) mass is 536 g/mol. The number of fused-ring (bicyclic) bond motifs is 1. The van der Waals surface area contributed by atoms with Crippen molar-refractivity contribution in [3.05, 3.63) is 76.8 Å². The molecule has 3 aromatic carbocycles. The molecule has 5 nitrogen and oxygen atoms in total. The first kappa shape index (κ1) is 25.2. The number of nitrogens with zero attached hydrogens (tertiary/aromatic N) is 1. The minimum Gasteiger partial charge on any atom is -0.483 e. The van der Waals surface area contributed by atoms with Gasteiger partial charge in [-0.25, -0.2) is 0 Å². The number of halogens is 1. The third-order valence-corrected chi connectivity index (χ3v) is 7.57. The summed E-state index contributed by atoms with van der Waals surface area (Å²) in [6.07, 6.45) is 5.55. The zero-order valence-electron chi connectivity index (χ0n) is 20.2. The number of hydrogen-bond donors (Lipinski definition) is 1. The van der Waals surface area contributed by atoms with Crippen LogP contribution >= 0.6 is 15.9 Å². The molecule has 1 unspecified atom stereocenters. The van der Waals surface area contributed by atoms with E-state index in [1.807, 2.05) is 73.7 Å². The number of benzene rings is 3. The van der Waals surface area contributed by atoms with Gasteiger partial charge in [0.05, 0.1) is 4.47 Å². The van der Waals surface area contributed by atoms with Gasteiger partial charge in [-0.05, 0) is 64.0 Å². The van der Waals surface area contributed by atoms with Crippen LogP contribution in [0.15, 0.2) is 71.2 Å². The third-order valence-electron chi connectivity index (χ3n) is 6.75. The first-order valence-electron chi connectivity index (χ1n) is 12.5. The highest BCUT2D eigenvalue weighted by Crippen LogP contribution is 2.33. The molecule has 0 aromatic heterocycles. The van der Waals surface area contributed by atoms with Crippen molar-refractivity contribution in [2.45, 2.75) is 57.5 Å². The molecular formula is C29H33BrN2O3. The third kappa shape index (κ3) is 6.43. The first-order valence-corrected chi connectivity index (χ1v) is 13.3. The van der Waals surface area contributed by atoms with E-state index in [0.717, 1.165) is 46.5 Å². The number of amides is 2. The molecule has 3 aromatic rings. The van der Waals surface area contributed by atoms with Gasteiger partial charge < -0.3 is 15.0 Å². The van der Waals surface area contributed by atoms with Gasteiger partial charge in [0, 0.05) is 12.6 Å². The fourth-order valence-corrected chi connectivity index (χ4v) is 5.42. The molecule has 4 rings (SSSR count). The summed E-state index contributed by atoms with van der Waals surface area (Å²) in [6.45, 7) is 2.29. The van der Waals surface area contributed by atoms with Crippen molar-refractivity contribution < 1.29 is 14.3 Å². The van der Waals surface area contributed by atoms with Crippen LogP contribution in [0.5, 0.6) is 5.75 Å². The summed E-state index contributed by atoms with van der Waals surface area (Å²) in [5, 5.41) is 5.31. The Hall–Kier alpha value is -2.86. The van der Waals surface area contributed by atoms with Crippen molar-refractivity contribution >= 4 is 38.5 Å². The van der Waals surface area contributed by atoms with E-state index in [2.05, 4.69) is 21.2 Å². The molecule has 0 radical (unpaired) electrons. The molecule has 1 aliphatic rings. The summed E-state index contributed by atoms with van der Waals surface area (Å²) in [6, 6.07) is 21.6. The van der Waals surface area contributed by atoms with Crippen LogP contribution in [0.2, 0.25) is 0 Å². The lowest BCUT2D eigenvalue weighted by Crippen LogP contribution is -2.53. The summed E-state index contributed by atoms with van der Waals surface area (Å²) >= 11 is 3.63. The Balaban J connectivity index is 1.49. The van der Waals surface area contributed by atoms with Crippen LogP contribution in [0.4, 0.5) is 0 Å². The summed E-state index contributed by atoms with van der Waals surface area (Å²) in [5.74, 6) is 0.366. The maximum atomic E-state index is 13.5. The van der Waals surface area contributed by atoms with E-state index in [9.17, 15) is 9.59 Å². The number of hydrogen-bond acceptors (Lipinski definition) is 3. The van der Waals surface area contributed by atoms with Gasteiger partial charge in [0.1, 0.15) is 11.8 Å². The van der Waals surface area contributed by atoms with Gasteiger partial charge >= 0.3 is 0 Å². The van der Waals surface area contributed by atoms with Gasteiger partial charge in [0.25, 0.3) is 5.91 Å². The predicted octanol–water partition coefficient (Wildman–Crippen LogP) is 5.89. The Morgan fingerprint density at radius 2 is 1.74 bits per heavy atom. The van der Waals surface area contributed by atoms with Gasteiger partial charge in [-0.2, -0.15) is 0 Å². The molecule has 184 valence electrons. The second kappa shape index (κ2) is 12.2. The average molecular weight is 537 g/mol. The second-order valence-corrected chi connectivity index (χ2v) is 9.92. The minimum absolute atomic E-state index is 0.0623. The lowest BCUT2D eigenvalue weighted by molar-refractivity contribution is -0.142. The van der Waals surface area contributed by atoms with Crippen LogP contribution in [0.25, 0.3) is 10.8 Å². The van der Waals surface area contributed by atoms with E-state index in [1.54, 1.807) is 4.90 Å². The van der Waals surface area contributed by atoms with Crippen molar-refractivity contribution in [3.63, 3.8) is 0 Å². The average Bonchev–Trinajstić information content (AvgIpc) is 3.39. The SMILES string of the molecule is CCC(C(=O)NC1CCCC1)N(CCc1ccccc1)C(=O)COc1ccc2ccccc2c1Br. The van der Waals surface area contributed by atoms with E-state index in [4.69, 9.17) is 4.74 Å². The van der Waals surface area contributed by atoms with Crippen LogP contribution in [0, 0.1) is 0 Å². The fraction of sp³-hybridized carbons (Fsp3) is 0.379. The maximum absolute atomic E-state index is 13.5. The molecule has 1 N–H and O–H groups in total. The highest BCUT2D eigenvalue weighted by molar-refractivity contribution is 9.10. The zero-order chi connectivity index (χ0) is 24.6. The topological polar surface area (TPSA) is 58.6 Å². The number of nitrogens with one attached hydrogen (secondary N) is 1. The molecule has 1 fully saturated rings. The Labute approximate surface area is 216 Å². The quantitative estimate of drug-likeness (QED) is 0.351. The smallest absolute Gasteiger partial charge is 0.261 e. The molecule has 2 amide bonds. The molecule has 0 heterocycles. The molecule has 0 spiro atoms. The minimum atomic E-state index is -0.518. The Morgan fingerprint density at radius 1 is 1.03 bits per heavy atom. The van der Waals surface area contributed by atoms with Crippen LogP contribution in [-0.4, -0.2) is 41.9 Å². The highest BCUT2D eigenvalue weighted by Gasteiger charge is 2.30. The number of carbonyl (C=O) groups excluding carboxylic acids is 2. The van der Waals surface area contributed by atoms with E-state index in [1.165, 1.54) is 0 Å². The molecule has 0 saturated heterocycles. The first-order chi connectivity index (χ1) is 17.1. The Bertz CT molecular complexity index is 1150. The van der Waals surface area contributed by atoms with Crippen LogP contribution in [-0.2, 0) is 16.0 Å². The Kier molecular flexibility index (Phi) is 8.80. The molecule has 0 bridgehead atoms. The van der Waals surface area contributed by atoms with Gasteiger partial charge in [-0.1, -0.05) is 80.4 Å². The number of carbonyl (C=O) groups is 2. The lowest BCUT2D eigenvalue weighted by atomic mass is 10.1. The van der Waals surface area contributed by atoms with Crippen molar-refractivity contribution in [3.8, 4) is 5.75 Å². The normalized spacial score (nSPS) is 14.6. The fourth-order valence-electron chi connectivity index (χ4n) is 4.81. The summed E-state index contributed by atoms with van der Waals surface area (Å²) in [5.41, 5.74) is 1.13. The van der Waals surface area contributed by atoms with Crippen molar-refractivity contribution in [1.29, 1.82) is 0 Å². The predicted molar refractivity (Wildman–Crippen MR) is 143 cm³/mol. The number of rotatable bonds is 10. The largest absolute Gasteiger partial charge is 0.483 e. The zero-order valence-corrected chi connectivity index (χ0v) is 21.8. The summed E-state index contributed by atoms with van der Waals surface area (Å²) in [4.78, 5) is 28.4. The van der Waals surface area contributed by atoms with Crippen LogP contribution < -0.4 is 10.1 Å². The lowest BCUT2D eigenvalue weighted by Gasteiger charge is -2.31. The van der Waals surface area contributed by atoms with E-state index >= 15 is 0 Å². The van der Waals surface area contributed by atoms with E-state index < -0.39 is 6.04 Å². The molecule has 1 saturated carbocycles. The van der Waals surface area contributed by atoms with Gasteiger partial charge in [0.15, 0.2) is 6.61 Å². The van der Waals surface area contributed by atoms with Gasteiger partial charge in [0.2, 0.25) is 5.91 Å². The molecular weight excluding hydrogens is 504 g/mol. The van der Waals surface area contributed by atoms with Crippen molar-refractivity contribution in [1.82, 2.24) is 10.2 Å². The molecule has 0 aliphatic heterocycles. The van der Waals surface area contributed by atoms with Crippen molar-refractivity contribution in [2.75, 3.05) is 13.2 Å². The molecule has 35 heavy (non-hydrogen) atoms. The molecule has 6 heteroatoms.